The largest absolute Gasteiger partial charge is 0.481 e. The van der Waals surface area contributed by atoms with Gasteiger partial charge in [-0.05, 0) is 43.7 Å². The van der Waals surface area contributed by atoms with E-state index in [9.17, 15) is 4.79 Å². The molecule has 0 saturated carbocycles. The van der Waals surface area contributed by atoms with Crippen LogP contribution in [0.3, 0.4) is 0 Å². The zero-order valence-corrected chi connectivity index (χ0v) is 16.5. The lowest BCUT2D eigenvalue weighted by Gasteiger charge is -2.14. The Bertz CT molecular complexity index is 707. The number of nitrogens with one attached hydrogen (secondary N) is 1. The number of aryl methyl sites for hydroxylation is 1. The summed E-state index contributed by atoms with van der Waals surface area (Å²) >= 11 is 13.7. The van der Waals surface area contributed by atoms with E-state index in [0.29, 0.717) is 22.3 Å². The second-order valence-electron chi connectivity index (χ2n) is 5.65. The predicted molar refractivity (Wildman–Crippen MR) is 107 cm³/mol. The number of carbonyl (C=O) groups excluding carboxylic acids is 1. The average molecular weight is 398 g/mol. The SMILES string of the molecule is Cc1ccc(O[C@@H](C)C(=O)NCCSCc2ccc(Cl)cc2Cl)cc1. The van der Waals surface area contributed by atoms with Crippen LogP contribution in [-0.2, 0) is 10.5 Å². The fourth-order valence-corrected chi connectivity index (χ4v) is 3.50. The Hall–Kier alpha value is -1.36. The van der Waals surface area contributed by atoms with Gasteiger partial charge in [0.15, 0.2) is 6.10 Å². The summed E-state index contributed by atoms with van der Waals surface area (Å²) in [6.45, 7) is 4.33. The molecule has 2 aromatic rings. The van der Waals surface area contributed by atoms with E-state index in [1.54, 1.807) is 24.8 Å². The van der Waals surface area contributed by atoms with Gasteiger partial charge in [-0.25, -0.2) is 0 Å². The van der Waals surface area contributed by atoms with Crippen LogP contribution in [0.1, 0.15) is 18.1 Å². The molecule has 0 aliphatic rings. The second kappa shape index (κ2) is 9.95. The molecular weight excluding hydrogens is 377 g/mol. The Morgan fingerprint density at radius 1 is 1.20 bits per heavy atom. The van der Waals surface area contributed by atoms with Crippen molar-refractivity contribution in [3.05, 3.63) is 63.6 Å². The molecule has 0 unspecified atom stereocenters. The molecule has 0 radical (unpaired) electrons. The van der Waals surface area contributed by atoms with Crippen molar-refractivity contribution < 1.29 is 9.53 Å². The summed E-state index contributed by atoms with van der Waals surface area (Å²) < 4.78 is 5.64. The van der Waals surface area contributed by atoms with Gasteiger partial charge in [-0.1, -0.05) is 47.0 Å². The van der Waals surface area contributed by atoms with Crippen LogP contribution in [0.4, 0.5) is 0 Å². The van der Waals surface area contributed by atoms with Crippen LogP contribution in [0.25, 0.3) is 0 Å². The molecule has 1 amide bonds. The molecule has 1 N–H and O–H groups in total. The van der Waals surface area contributed by atoms with Crippen molar-refractivity contribution in [2.75, 3.05) is 12.3 Å². The van der Waals surface area contributed by atoms with Crippen molar-refractivity contribution in [2.24, 2.45) is 0 Å². The molecule has 0 bridgehead atoms. The van der Waals surface area contributed by atoms with E-state index in [2.05, 4.69) is 5.32 Å². The standard InChI is InChI=1S/C19H21Cl2NO2S/c1-13-3-7-17(8-4-13)24-14(2)19(23)22-9-10-25-12-15-5-6-16(20)11-18(15)21/h3-8,11,14H,9-10,12H2,1-2H3,(H,22,23)/t14-/m0/s1. The van der Waals surface area contributed by atoms with E-state index in [4.69, 9.17) is 27.9 Å². The number of amides is 1. The normalized spacial score (nSPS) is 11.8. The van der Waals surface area contributed by atoms with Crippen LogP contribution in [0, 0.1) is 6.92 Å². The van der Waals surface area contributed by atoms with E-state index in [0.717, 1.165) is 22.6 Å². The van der Waals surface area contributed by atoms with Crippen LogP contribution in [0.15, 0.2) is 42.5 Å². The van der Waals surface area contributed by atoms with Crippen LogP contribution < -0.4 is 10.1 Å². The first kappa shape index (κ1) is 20.0. The Kier molecular flexibility index (Phi) is 7.94. The summed E-state index contributed by atoms with van der Waals surface area (Å²) in [5, 5.41) is 4.19. The highest BCUT2D eigenvalue weighted by atomic mass is 35.5. The summed E-state index contributed by atoms with van der Waals surface area (Å²) in [5.41, 5.74) is 2.20. The first-order valence-electron chi connectivity index (χ1n) is 7.98. The van der Waals surface area contributed by atoms with Crippen LogP contribution >= 0.6 is 35.0 Å². The summed E-state index contributed by atoms with van der Waals surface area (Å²) in [5.74, 6) is 2.15. The van der Waals surface area contributed by atoms with Gasteiger partial charge in [-0.3, -0.25) is 4.79 Å². The maximum Gasteiger partial charge on any atom is 0.260 e. The summed E-state index contributed by atoms with van der Waals surface area (Å²) in [4.78, 5) is 12.1. The topological polar surface area (TPSA) is 38.3 Å². The van der Waals surface area contributed by atoms with Gasteiger partial charge >= 0.3 is 0 Å². The van der Waals surface area contributed by atoms with Crippen molar-refractivity contribution >= 4 is 40.9 Å². The van der Waals surface area contributed by atoms with Crippen molar-refractivity contribution in [1.82, 2.24) is 5.32 Å². The number of hydrogen-bond acceptors (Lipinski definition) is 3. The molecule has 134 valence electrons. The first-order chi connectivity index (χ1) is 12.0. The summed E-state index contributed by atoms with van der Waals surface area (Å²) in [6.07, 6.45) is -0.529. The van der Waals surface area contributed by atoms with Crippen molar-refractivity contribution in [3.8, 4) is 5.75 Å². The molecule has 0 heterocycles. The first-order valence-corrected chi connectivity index (χ1v) is 9.89. The minimum absolute atomic E-state index is 0.120. The van der Waals surface area contributed by atoms with E-state index in [1.165, 1.54) is 0 Å². The molecule has 0 aromatic heterocycles. The molecule has 25 heavy (non-hydrogen) atoms. The fraction of sp³-hybridized carbons (Fsp3) is 0.316. The summed E-state index contributed by atoms with van der Waals surface area (Å²) in [7, 11) is 0. The highest BCUT2D eigenvalue weighted by Crippen LogP contribution is 2.24. The Labute approximate surface area is 163 Å². The number of ether oxygens (including phenoxy) is 1. The molecular formula is C19H21Cl2NO2S. The van der Waals surface area contributed by atoms with Gasteiger partial charge in [-0.2, -0.15) is 11.8 Å². The van der Waals surface area contributed by atoms with Crippen molar-refractivity contribution in [3.63, 3.8) is 0 Å². The average Bonchev–Trinajstić information content (AvgIpc) is 2.58. The van der Waals surface area contributed by atoms with Crippen molar-refractivity contribution in [2.45, 2.75) is 25.7 Å². The van der Waals surface area contributed by atoms with Crippen LogP contribution in [0.2, 0.25) is 10.0 Å². The van der Waals surface area contributed by atoms with Crippen LogP contribution in [-0.4, -0.2) is 24.3 Å². The van der Waals surface area contributed by atoms with Gasteiger partial charge in [0.1, 0.15) is 5.75 Å². The third kappa shape index (κ3) is 6.81. The van der Waals surface area contributed by atoms with Gasteiger partial charge in [0.05, 0.1) is 0 Å². The predicted octanol–water partition coefficient (Wildman–Crippen LogP) is 5.12. The lowest BCUT2D eigenvalue weighted by Crippen LogP contribution is -2.37. The molecule has 0 saturated heterocycles. The molecule has 6 heteroatoms. The molecule has 0 fully saturated rings. The number of benzene rings is 2. The Morgan fingerprint density at radius 3 is 2.60 bits per heavy atom. The number of thioether (sulfide) groups is 1. The third-order valence-electron chi connectivity index (χ3n) is 3.52. The maximum atomic E-state index is 12.1. The molecule has 2 aromatic carbocycles. The minimum atomic E-state index is -0.529. The van der Waals surface area contributed by atoms with Gasteiger partial charge in [0, 0.05) is 28.1 Å². The highest BCUT2D eigenvalue weighted by molar-refractivity contribution is 7.98. The zero-order chi connectivity index (χ0) is 18.2. The number of carbonyl (C=O) groups is 1. The lowest BCUT2D eigenvalue weighted by molar-refractivity contribution is -0.127. The fourth-order valence-electron chi connectivity index (χ4n) is 2.09. The quantitative estimate of drug-likeness (QED) is 0.628. The third-order valence-corrected chi connectivity index (χ3v) is 5.12. The van der Waals surface area contributed by atoms with E-state index in [1.807, 2.05) is 43.3 Å². The van der Waals surface area contributed by atoms with Crippen molar-refractivity contribution in [1.29, 1.82) is 0 Å². The molecule has 0 spiro atoms. The second-order valence-corrected chi connectivity index (χ2v) is 7.60. The van der Waals surface area contributed by atoms with Gasteiger partial charge in [0.25, 0.3) is 5.91 Å². The number of rotatable bonds is 8. The maximum absolute atomic E-state index is 12.1. The highest BCUT2D eigenvalue weighted by Gasteiger charge is 2.13. The molecule has 0 aliphatic carbocycles. The van der Waals surface area contributed by atoms with E-state index in [-0.39, 0.29) is 5.91 Å². The molecule has 2 rings (SSSR count). The van der Waals surface area contributed by atoms with E-state index >= 15 is 0 Å². The Balaban J connectivity index is 1.66. The number of hydrogen-bond donors (Lipinski definition) is 1. The van der Waals surface area contributed by atoms with Crippen LogP contribution in [0.5, 0.6) is 5.75 Å². The van der Waals surface area contributed by atoms with Gasteiger partial charge in [0.2, 0.25) is 0 Å². The van der Waals surface area contributed by atoms with Gasteiger partial charge in [-0.15, -0.1) is 0 Å². The summed E-state index contributed by atoms with van der Waals surface area (Å²) in [6, 6.07) is 13.1. The smallest absolute Gasteiger partial charge is 0.260 e. The van der Waals surface area contributed by atoms with Gasteiger partial charge < -0.3 is 10.1 Å². The molecule has 3 nitrogen and oxygen atoms in total. The Morgan fingerprint density at radius 2 is 1.92 bits per heavy atom. The van der Waals surface area contributed by atoms with E-state index < -0.39 is 6.10 Å². The minimum Gasteiger partial charge on any atom is -0.481 e. The number of halogens is 2. The zero-order valence-electron chi connectivity index (χ0n) is 14.2. The monoisotopic (exact) mass is 397 g/mol. The molecule has 1 atom stereocenters. The lowest BCUT2D eigenvalue weighted by atomic mass is 10.2. The molecule has 0 aliphatic heterocycles.